The molecular formula is C19H21N3O. The largest absolute Gasteiger partial charge is 0.490 e. The lowest BCUT2D eigenvalue weighted by Gasteiger charge is -2.33. The van der Waals surface area contributed by atoms with Crippen LogP contribution in [0.25, 0.3) is 10.9 Å². The zero-order chi connectivity index (χ0) is 15.6. The summed E-state index contributed by atoms with van der Waals surface area (Å²) < 4.78 is 8.45. The van der Waals surface area contributed by atoms with Gasteiger partial charge in [-0.1, -0.05) is 6.07 Å². The maximum absolute atomic E-state index is 6.31. The number of pyridine rings is 1. The van der Waals surface area contributed by atoms with E-state index in [-0.39, 0.29) is 0 Å². The first-order valence-corrected chi connectivity index (χ1v) is 8.17. The van der Waals surface area contributed by atoms with Gasteiger partial charge in [0.1, 0.15) is 11.9 Å². The van der Waals surface area contributed by atoms with Crippen LogP contribution in [-0.2, 0) is 7.05 Å². The van der Waals surface area contributed by atoms with E-state index in [9.17, 15) is 0 Å². The molecule has 2 aromatic heterocycles. The highest BCUT2D eigenvalue weighted by atomic mass is 16.5. The molecule has 0 amide bonds. The summed E-state index contributed by atoms with van der Waals surface area (Å²) in [5.41, 5.74) is 2.47. The number of aryl methyl sites for hydroxylation is 1. The summed E-state index contributed by atoms with van der Waals surface area (Å²) in [7, 11) is 2.07. The number of piperidine rings is 1. The van der Waals surface area contributed by atoms with Crippen molar-refractivity contribution in [3.63, 3.8) is 0 Å². The van der Waals surface area contributed by atoms with Crippen molar-refractivity contribution in [2.75, 3.05) is 18.0 Å². The van der Waals surface area contributed by atoms with Crippen LogP contribution in [0.1, 0.15) is 12.8 Å². The van der Waals surface area contributed by atoms with E-state index in [2.05, 4.69) is 64.1 Å². The maximum Gasteiger partial charge on any atom is 0.129 e. The minimum Gasteiger partial charge on any atom is -0.490 e. The third-order valence-corrected chi connectivity index (χ3v) is 4.65. The Labute approximate surface area is 136 Å². The SMILES string of the molecule is Cn1ccc2c(OC3CCN(c4ccncc4)CC3)cccc21. The van der Waals surface area contributed by atoms with E-state index >= 15 is 0 Å². The number of hydrogen-bond donors (Lipinski definition) is 0. The van der Waals surface area contributed by atoms with Crippen molar-refractivity contribution in [2.24, 2.45) is 7.05 Å². The number of anilines is 1. The van der Waals surface area contributed by atoms with Crippen molar-refractivity contribution in [1.82, 2.24) is 9.55 Å². The number of nitrogens with zero attached hydrogens (tertiary/aromatic N) is 3. The van der Waals surface area contributed by atoms with Crippen LogP contribution in [0.3, 0.4) is 0 Å². The van der Waals surface area contributed by atoms with E-state index in [1.165, 1.54) is 16.6 Å². The van der Waals surface area contributed by atoms with Gasteiger partial charge in [-0.2, -0.15) is 0 Å². The van der Waals surface area contributed by atoms with Crippen LogP contribution in [0.5, 0.6) is 5.75 Å². The summed E-state index contributed by atoms with van der Waals surface area (Å²) in [5, 5.41) is 1.20. The van der Waals surface area contributed by atoms with Crippen molar-refractivity contribution in [3.8, 4) is 5.75 Å². The number of hydrogen-bond acceptors (Lipinski definition) is 3. The summed E-state index contributed by atoms with van der Waals surface area (Å²) in [6.07, 6.45) is 8.18. The number of rotatable bonds is 3. The van der Waals surface area contributed by atoms with Crippen LogP contribution >= 0.6 is 0 Å². The first-order valence-electron chi connectivity index (χ1n) is 8.17. The van der Waals surface area contributed by atoms with Gasteiger partial charge >= 0.3 is 0 Å². The summed E-state index contributed by atoms with van der Waals surface area (Å²) in [6.45, 7) is 2.05. The molecule has 4 heteroatoms. The molecule has 0 radical (unpaired) electrons. The van der Waals surface area contributed by atoms with Crippen molar-refractivity contribution in [1.29, 1.82) is 0 Å². The van der Waals surface area contributed by atoms with Crippen molar-refractivity contribution in [3.05, 3.63) is 55.0 Å². The molecule has 4 rings (SSSR count). The van der Waals surface area contributed by atoms with Crippen LogP contribution in [0, 0.1) is 0 Å². The van der Waals surface area contributed by atoms with Gasteiger partial charge in [-0.05, 0) is 30.3 Å². The van der Waals surface area contributed by atoms with Crippen LogP contribution in [0.15, 0.2) is 55.0 Å². The van der Waals surface area contributed by atoms with E-state index in [1.54, 1.807) is 0 Å². The molecule has 1 aromatic carbocycles. The van der Waals surface area contributed by atoms with E-state index in [4.69, 9.17) is 4.74 Å². The number of fused-ring (bicyclic) bond motifs is 1. The normalized spacial score (nSPS) is 16.0. The van der Waals surface area contributed by atoms with E-state index in [1.807, 2.05) is 12.4 Å². The Kier molecular flexibility index (Phi) is 3.66. The second kappa shape index (κ2) is 5.95. The average Bonchev–Trinajstić information content (AvgIpc) is 2.99. The third kappa shape index (κ3) is 2.77. The zero-order valence-electron chi connectivity index (χ0n) is 13.4. The smallest absolute Gasteiger partial charge is 0.129 e. The Hall–Kier alpha value is -2.49. The first-order chi connectivity index (χ1) is 11.3. The molecule has 3 aromatic rings. The van der Waals surface area contributed by atoms with E-state index in [0.717, 1.165) is 31.7 Å². The van der Waals surface area contributed by atoms with Gasteiger partial charge in [0.05, 0.1) is 5.52 Å². The third-order valence-electron chi connectivity index (χ3n) is 4.65. The molecule has 1 aliphatic heterocycles. The molecule has 0 aliphatic carbocycles. The summed E-state index contributed by atoms with van der Waals surface area (Å²) in [4.78, 5) is 6.50. The minimum absolute atomic E-state index is 0.291. The zero-order valence-corrected chi connectivity index (χ0v) is 13.4. The van der Waals surface area contributed by atoms with Gasteiger partial charge in [0.2, 0.25) is 0 Å². The van der Waals surface area contributed by atoms with Gasteiger partial charge in [0.25, 0.3) is 0 Å². The Morgan fingerprint density at radius 1 is 1.04 bits per heavy atom. The average molecular weight is 307 g/mol. The molecule has 4 nitrogen and oxygen atoms in total. The number of ether oxygens (including phenoxy) is 1. The van der Waals surface area contributed by atoms with Gasteiger partial charge in [-0.15, -0.1) is 0 Å². The highest BCUT2D eigenvalue weighted by Crippen LogP contribution is 2.29. The Morgan fingerprint density at radius 2 is 1.83 bits per heavy atom. The van der Waals surface area contributed by atoms with Gasteiger partial charge < -0.3 is 14.2 Å². The van der Waals surface area contributed by atoms with Gasteiger partial charge in [-0.3, -0.25) is 4.98 Å². The lowest BCUT2D eigenvalue weighted by atomic mass is 10.1. The van der Waals surface area contributed by atoms with Crippen LogP contribution in [0.2, 0.25) is 0 Å². The van der Waals surface area contributed by atoms with Gasteiger partial charge in [0.15, 0.2) is 0 Å². The predicted octanol–water partition coefficient (Wildman–Crippen LogP) is 3.62. The van der Waals surface area contributed by atoms with E-state index in [0.29, 0.717) is 6.10 Å². The lowest BCUT2D eigenvalue weighted by Crippen LogP contribution is -2.38. The second-order valence-electron chi connectivity index (χ2n) is 6.13. The fourth-order valence-corrected chi connectivity index (χ4v) is 3.34. The molecule has 118 valence electrons. The molecule has 0 bridgehead atoms. The molecule has 3 heterocycles. The summed E-state index contributed by atoms with van der Waals surface area (Å²) in [5.74, 6) is 1.01. The maximum atomic E-state index is 6.31. The predicted molar refractivity (Wildman–Crippen MR) is 93.0 cm³/mol. The summed E-state index contributed by atoms with van der Waals surface area (Å²) >= 11 is 0. The Bertz CT molecular complexity index is 789. The molecule has 1 aliphatic rings. The molecule has 23 heavy (non-hydrogen) atoms. The second-order valence-corrected chi connectivity index (χ2v) is 6.13. The molecule has 0 unspecified atom stereocenters. The number of aromatic nitrogens is 2. The Morgan fingerprint density at radius 3 is 2.61 bits per heavy atom. The molecule has 1 saturated heterocycles. The molecule has 0 N–H and O–H groups in total. The van der Waals surface area contributed by atoms with Gasteiger partial charge in [-0.25, -0.2) is 0 Å². The van der Waals surface area contributed by atoms with Crippen LogP contribution in [-0.4, -0.2) is 28.7 Å². The standard InChI is InChI=1S/C19H21N3O/c1-21-12-9-17-18(21)3-2-4-19(17)23-16-7-13-22(14-8-16)15-5-10-20-11-6-15/h2-6,9-12,16H,7-8,13-14H2,1H3. The fourth-order valence-electron chi connectivity index (χ4n) is 3.34. The molecular weight excluding hydrogens is 286 g/mol. The lowest BCUT2D eigenvalue weighted by molar-refractivity contribution is 0.173. The summed E-state index contributed by atoms with van der Waals surface area (Å²) in [6, 6.07) is 12.6. The van der Waals surface area contributed by atoms with E-state index < -0.39 is 0 Å². The number of benzene rings is 1. The van der Waals surface area contributed by atoms with Gasteiger partial charge in [0, 0.05) is 62.6 Å². The van der Waals surface area contributed by atoms with Crippen LogP contribution in [0.4, 0.5) is 5.69 Å². The minimum atomic E-state index is 0.291. The fraction of sp³-hybridized carbons (Fsp3) is 0.316. The highest BCUT2D eigenvalue weighted by Gasteiger charge is 2.21. The monoisotopic (exact) mass is 307 g/mol. The molecule has 0 atom stereocenters. The molecule has 0 spiro atoms. The van der Waals surface area contributed by atoms with Crippen molar-refractivity contribution < 1.29 is 4.74 Å². The van der Waals surface area contributed by atoms with Crippen LogP contribution < -0.4 is 9.64 Å². The quantitative estimate of drug-likeness (QED) is 0.740. The van der Waals surface area contributed by atoms with Crippen molar-refractivity contribution >= 4 is 16.6 Å². The topological polar surface area (TPSA) is 30.3 Å². The molecule has 1 fully saturated rings. The van der Waals surface area contributed by atoms with Crippen molar-refractivity contribution in [2.45, 2.75) is 18.9 Å². The Balaban J connectivity index is 1.45. The highest BCUT2D eigenvalue weighted by molar-refractivity contribution is 5.86. The first kappa shape index (κ1) is 14.1. The molecule has 0 saturated carbocycles.